The Morgan fingerprint density at radius 2 is 2.12 bits per heavy atom. The van der Waals surface area contributed by atoms with Crippen molar-refractivity contribution in [2.75, 3.05) is 6.61 Å². The molecule has 86 valence electrons. The summed E-state index contributed by atoms with van der Waals surface area (Å²) >= 11 is 11.7. The lowest BCUT2D eigenvalue weighted by atomic mass is 9.96. The van der Waals surface area contributed by atoms with Gasteiger partial charge in [0.25, 0.3) is 0 Å². The quantitative estimate of drug-likeness (QED) is 0.770. The highest BCUT2D eigenvalue weighted by Gasteiger charge is 2.20. The van der Waals surface area contributed by atoms with Crippen LogP contribution >= 0.6 is 23.2 Å². The molecule has 0 spiro atoms. The summed E-state index contributed by atoms with van der Waals surface area (Å²) in [6.07, 6.45) is 3.57. The maximum absolute atomic E-state index is 11.8. The zero-order valence-corrected chi connectivity index (χ0v) is 10.2. The average Bonchev–Trinajstić information content (AvgIpc) is 2.14. The normalized spacial score (nSPS) is 15.9. The van der Waals surface area contributed by atoms with Crippen molar-refractivity contribution < 1.29 is 9.53 Å². The Morgan fingerprint density at radius 1 is 1.38 bits per heavy atom. The van der Waals surface area contributed by atoms with Crippen molar-refractivity contribution in [3.63, 3.8) is 0 Å². The highest BCUT2D eigenvalue weighted by Crippen LogP contribution is 2.24. The summed E-state index contributed by atoms with van der Waals surface area (Å²) < 4.78 is 5.44. The maximum atomic E-state index is 11.8. The fourth-order valence-corrected chi connectivity index (χ4v) is 2.04. The fraction of sp³-hybridized carbons (Fsp3) is 0.417. The number of carbonyl (C=O) groups excluding carboxylic acids is 1. The molecule has 0 heterocycles. The van der Waals surface area contributed by atoms with Crippen LogP contribution in [0.25, 0.3) is 0 Å². The minimum atomic E-state index is -0.0893. The number of ketones is 1. The summed E-state index contributed by atoms with van der Waals surface area (Å²) in [7, 11) is 0. The number of hydrogen-bond acceptors (Lipinski definition) is 2. The van der Waals surface area contributed by atoms with Gasteiger partial charge in [0.15, 0.2) is 5.78 Å². The third-order valence-electron chi connectivity index (χ3n) is 2.73. The number of Topliss-reactive ketones (excluding diaryl/α,β-unsaturated/α-hetero) is 1. The van der Waals surface area contributed by atoms with E-state index in [1.807, 2.05) is 0 Å². The van der Waals surface area contributed by atoms with Gasteiger partial charge in [-0.2, -0.15) is 0 Å². The monoisotopic (exact) mass is 258 g/mol. The molecule has 1 aliphatic rings. The topological polar surface area (TPSA) is 26.3 Å². The van der Waals surface area contributed by atoms with Crippen molar-refractivity contribution >= 4 is 29.0 Å². The third kappa shape index (κ3) is 2.76. The molecule has 1 aromatic rings. The van der Waals surface area contributed by atoms with Crippen LogP contribution in [0.3, 0.4) is 0 Å². The Kier molecular flexibility index (Phi) is 3.85. The van der Waals surface area contributed by atoms with Gasteiger partial charge in [-0.25, -0.2) is 0 Å². The van der Waals surface area contributed by atoms with Crippen LogP contribution in [0.2, 0.25) is 10.0 Å². The average molecular weight is 259 g/mol. The number of halogens is 2. The lowest BCUT2D eigenvalue weighted by Gasteiger charge is -2.25. The van der Waals surface area contributed by atoms with E-state index in [0.29, 0.717) is 15.6 Å². The summed E-state index contributed by atoms with van der Waals surface area (Å²) in [5, 5.41) is 0.913. The maximum Gasteiger partial charge on any atom is 0.189 e. The molecule has 0 saturated heterocycles. The van der Waals surface area contributed by atoms with Gasteiger partial charge in [-0.1, -0.05) is 23.2 Å². The lowest BCUT2D eigenvalue weighted by Crippen LogP contribution is -2.24. The summed E-state index contributed by atoms with van der Waals surface area (Å²) in [4.78, 5) is 11.8. The number of benzene rings is 1. The molecule has 1 fully saturated rings. The summed E-state index contributed by atoms with van der Waals surface area (Å²) in [5.41, 5.74) is 0.477. The van der Waals surface area contributed by atoms with E-state index >= 15 is 0 Å². The van der Waals surface area contributed by atoms with Gasteiger partial charge < -0.3 is 4.74 Å². The van der Waals surface area contributed by atoms with Gasteiger partial charge in [0, 0.05) is 10.6 Å². The molecule has 1 aromatic carbocycles. The summed E-state index contributed by atoms with van der Waals surface area (Å²) in [6.45, 7) is 0.103. The van der Waals surface area contributed by atoms with Crippen LogP contribution in [-0.2, 0) is 4.74 Å². The molecule has 0 aliphatic heterocycles. The van der Waals surface area contributed by atoms with E-state index in [4.69, 9.17) is 27.9 Å². The standard InChI is InChI=1S/C12H12Cl2O2/c13-8-4-5-10(11(14)6-8)12(15)7-16-9-2-1-3-9/h4-6,9H,1-3,7H2. The first-order valence-electron chi connectivity index (χ1n) is 5.26. The van der Waals surface area contributed by atoms with Crippen LogP contribution in [0.5, 0.6) is 0 Å². The SMILES string of the molecule is O=C(COC1CCC1)c1ccc(Cl)cc1Cl. The van der Waals surface area contributed by atoms with Crippen molar-refractivity contribution in [3.05, 3.63) is 33.8 Å². The van der Waals surface area contributed by atoms with Crippen molar-refractivity contribution in [3.8, 4) is 0 Å². The number of rotatable bonds is 4. The second-order valence-electron chi connectivity index (χ2n) is 3.91. The van der Waals surface area contributed by atoms with Gasteiger partial charge in [-0.3, -0.25) is 4.79 Å². The van der Waals surface area contributed by atoms with E-state index in [2.05, 4.69) is 0 Å². The second-order valence-corrected chi connectivity index (χ2v) is 4.75. The van der Waals surface area contributed by atoms with Crippen LogP contribution in [0, 0.1) is 0 Å². The van der Waals surface area contributed by atoms with Crippen LogP contribution < -0.4 is 0 Å². The van der Waals surface area contributed by atoms with Gasteiger partial charge in [0.1, 0.15) is 6.61 Å². The Morgan fingerprint density at radius 3 is 2.69 bits per heavy atom. The summed E-state index contributed by atoms with van der Waals surface area (Å²) in [6, 6.07) is 4.86. The van der Waals surface area contributed by atoms with Crippen LogP contribution in [0.4, 0.5) is 0 Å². The molecule has 2 nitrogen and oxygen atoms in total. The molecule has 0 radical (unpaired) electrons. The molecule has 1 aliphatic carbocycles. The number of carbonyl (C=O) groups is 1. The van der Waals surface area contributed by atoms with E-state index in [-0.39, 0.29) is 18.5 Å². The van der Waals surface area contributed by atoms with Crippen molar-refractivity contribution in [1.29, 1.82) is 0 Å². The molecule has 2 rings (SSSR count). The molecular weight excluding hydrogens is 247 g/mol. The lowest BCUT2D eigenvalue weighted by molar-refractivity contribution is 0.00731. The molecule has 0 bridgehead atoms. The van der Waals surface area contributed by atoms with E-state index < -0.39 is 0 Å². The highest BCUT2D eigenvalue weighted by atomic mass is 35.5. The summed E-state index contributed by atoms with van der Waals surface area (Å²) in [5.74, 6) is -0.0893. The first-order valence-corrected chi connectivity index (χ1v) is 6.02. The molecule has 16 heavy (non-hydrogen) atoms. The number of ether oxygens (including phenoxy) is 1. The second kappa shape index (κ2) is 5.17. The molecule has 0 amide bonds. The Balaban J connectivity index is 1.96. The molecular formula is C12H12Cl2O2. The van der Waals surface area contributed by atoms with Gasteiger partial charge >= 0.3 is 0 Å². The van der Waals surface area contributed by atoms with Crippen molar-refractivity contribution in [1.82, 2.24) is 0 Å². The van der Waals surface area contributed by atoms with Crippen LogP contribution in [-0.4, -0.2) is 18.5 Å². The Bertz CT molecular complexity index is 400. The van der Waals surface area contributed by atoms with Gasteiger partial charge in [-0.05, 0) is 37.5 Å². The van der Waals surface area contributed by atoms with Crippen molar-refractivity contribution in [2.45, 2.75) is 25.4 Å². The Labute approximate surface area is 104 Å². The van der Waals surface area contributed by atoms with E-state index in [0.717, 1.165) is 12.8 Å². The Hall–Kier alpha value is -0.570. The fourth-order valence-electron chi connectivity index (χ4n) is 1.52. The van der Waals surface area contributed by atoms with Crippen LogP contribution in [0.1, 0.15) is 29.6 Å². The number of hydrogen-bond donors (Lipinski definition) is 0. The minimum Gasteiger partial charge on any atom is -0.370 e. The molecule has 0 aromatic heterocycles. The van der Waals surface area contributed by atoms with Crippen LogP contribution in [0.15, 0.2) is 18.2 Å². The highest BCUT2D eigenvalue weighted by molar-refractivity contribution is 6.36. The van der Waals surface area contributed by atoms with E-state index in [9.17, 15) is 4.79 Å². The van der Waals surface area contributed by atoms with Gasteiger partial charge in [0.2, 0.25) is 0 Å². The molecule has 1 saturated carbocycles. The van der Waals surface area contributed by atoms with E-state index in [1.165, 1.54) is 6.42 Å². The third-order valence-corrected chi connectivity index (χ3v) is 3.28. The molecule has 0 unspecified atom stereocenters. The van der Waals surface area contributed by atoms with Crippen molar-refractivity contribution in [2.24, 2.45) is 0 Å². The molecule has 4 heteroatoms. The largest absolute Gasteiger partial charge is 0.370 e. The van der Waals surface area contributed by atoms with Gasteiger partial charge in [0.05, 0.1) is 11.1 Å². The van der Waals surface area contributed by atoms with E-state index in [1.54, 1.807) is 18.2 Å². The first-order chi connectivity index (χ1) is 7.66. The molecule has 0 N–H and O–H groups in total. The predicted molar refractivity (Wildman–Crippen MR) is 64.4 cm³/mol. The predicted octanol–water partition coefficient (Wildman–Crippen LogP) is 3.75. The smallest absolute Gasteiger partial charge is 0.189 e. The zero-order valence-electron chi connectivity index (χ0n) is 8.71. The van der Waals surface area contributed by atoms with Gasteiger partial charge in [-0.15, -0.1) is 0 Å². The zero-order chi connectivity index (χ0) is 11.5. The first kappa shape index (κ1) is 11.9. The molecule has 0 atom stereocenters. The minimum absolute atomic E-state index is 0.0893.